The second-order valence-corrected chi connectivity index (χ2v) is 2.48. The average molecular weight is 178 g/mol. The van der Waals surface area contributed by atoms with Gasteiger partial charge in [-0.05, 0) is 17.6 Å². The Labute approximate surface area is 95.0 Å². The molecule has 0 atom stereocenters. The topological polar surface area (TPSA) is 40.5 Å². The summed E-state index contributed by atoms with van der Waals surface area (Å²) in [6.45, 7) is 0. The van der Waals surface area contributed by atoms with Crippen LogP contribution >= 0.6 is 12.6 Å². The maximum atomic E-state index is 8.65. The van der Waals surface area contributed by atoms with Crippen LogP contribution in [0.4, 0.5) is 0 Å². The van der Waals surface area contributed by atoms with E-state index in [9.17, 15) is 0 Å². The van der Waals surface area contributed by atoms with Gasteiger partial charge in [-0.25, -0.2) is 0 Å². The minimum absolute atomic E-state index is 0. The molecule has 0 spiro atoms. The van der Waals surface area contributed by atoms with Crippen molar-refractivity contribution in [3.63, 3.8) is 0 Å². The molecule has 0 fully saturated rings. The summed E-state index contributed by atoms with van der Waals surface area (Å²) in [7, 11) is -1.38. The second-order valence-electron chi connectivity index (χ2n) is 1.97. The van der Waals surface area contributed by atoms with Gasteiger partial charge in [0.1, 0.15) is 0 Å². The van der Waals surface area contributed by atoms with Gasteiger partial charge in [0.2, 0.25) is 0 Å². The Bertz CT molecular complexity index is 219. The SMILES string of the molecule is OB(O)c1ccc(S)cc1.[H-].[Na+]. The Hall–Kier alpha value is 0.555. The Morgan fingerprint density at radius 1 is 1.18 bits per heavy atom. The Kier molecular flexibility index (Phi) is 5.51. The van der Waals surface area contributed by atoms with Crippen LogP contribution in [0.2, 0.25) is 0 Å². The molecule has 1 aromatic carbocycles. The molecule has 0 saturated carbocycles. The monoisotopic (exact) mass is 178 g/mol. The summed E-state index contributed by atoms with van der Waals surface area (Å²) in [5, 5.41) is 17.3. The first kappa shape index (κ1) is 11.6. The van der Waals surface area contributed by atoms with Crippen LogP contribution in [-0.4, -0.2) is 17.2 Å². The predicted octanol–water partition coefficient (Wildman–Crippen LogP) is -3.23. The zero-order valence-electron chi connectivity index (χ0n) is 7.23. The number of hydrogen-bond acceptors (Lipinski definition) is 3. The van der Waals surface area contributed by atoms with Crippen LogP contribution < -0.4 is 35.0 Å². The number of rotatable bonds is 1. The summed E-state index contributed by atoms with van der Waals surface area (Å²) >= 11 is 4.04. The molecule has 1 rings (SSSR count). The first-order chi connectivity index (χ1) is 4.70. The van der Waals surface area contributed by atoms with Crippen molar-refractivity contribution < 1.29 is 41.0 Å². The van der Waals surface area contributed by atoms with Gasteiger partial charge in [0.05, 0.1) is 0 Å². The number of hydrogen-bond donors (Lipinski definition) is 3. The van der Waals surface area contributed by atoms with Gasteiger partial charge in [-0.1, -0.05) is 12.1 Å². The van der Waals surface area contributed by atoms with Gasteiger partial charge in [-0.3, -0.25) is 0 Å². The summed E-state index contributed by atoms with van der Waals surface area (Å²) in [5.41, 5.74) is 0.484. The van der Waals surface area contributed by atoms with Crippen LogP contribution in [0.1, 0.15) is 1.43 Å². The van der Waals surface area contributed by atoms with E-state index in [4.69, 9.17) is 10.0 Å². The van der Waals surface area contributed by atoms with E-state index in [1.807, 2.05) is 0 Å². The maximum Gasteiger partial charge on any atom is 1.00 e. The molecule has 0 aromatic heterocycles. The van der Waals surface area contributed by atoms with E-state index >= 15 is 0 Å². The zero-order chi connectivity index (χ0) is 7.56. The third-order valence-electron chi connectivity index (χ3n) is 1.19. The standard InChI is InChI=1S/C6H7BO2S.Na.H/c8-7(9)5-1-3-6(10)4-2-5;;/h1-4,8-10H;;/q;+1;-1. The summed E-state index contributed by atoms with van der Waals surface area (Å²) in [4.78, 5) is 0.810. The van der Waals surface area contributed by atoms with Crippen molar-refractivity contribution in [3.8, 4) is 0 Å². The molecule has 0 aliphatic carbocycles. The van der Waals surface area contributed by atoms with E-state index in [0.29, 0.717) is 5.46 Å². The van der Waals surface area contributed by atoms with Crippen molar-refractivity contribution >= 4 is 25.2 Å². The van der Waals surface area contributed by atoms with Gasteiger partial charge in [0.15, 0.2) is 0 Å². The fourth-order valence-electron chi connectivity index (χ4n) is 0.646. The largest absolute Gasteiger partial charge is 1.00 e. The van der Waals surface area contributed by atoms with Crippen molar-refractivity contribution in [2.24, 2.45) is 0 Å². The van der Waals surface area contributed by atoms with E-state index < -0.39 is 7.12 Å². The summed E-state index contributed by atoms with van der Waals surface area (Å²) in [6.07, 6.45) is 0. The van der Waals surface area contributed by atoms with Crippen molar-refractivity contribution in [3.05, 3.63) is 24.3 Å². The van der Waals surface area contributed by atoms with Crippen molar-refractivity contribution in [1.29, 1.82) is 0 Å². The summed E-state index contributed by atoms with van der Waals surface area (Å²) < 4.78 is 0. The van der Waals surface area contributed by atoms with E-state index in [1.165, 1.54) is 0 Å². The third kappa shape index (κ3) is 3.65. The Morgan fingerprint density at radius 3 is 2.00 bits per heavy atom. The second kappa shape index (κ2) is 5.24. The van der Waals surface area contributed by atoms with Gasteiger partial charge < -0.3 is 11.5 Å². The molecule has 54 valence electrons. The summed E-state index contributed by atoms with van der Waals surface area (Å²) in [5.74, 6) is 0. The molecule has 11 heavy (non-hydrogen) atoms. The molecule has 0 unspecified atom stereocenters. The van der Waals surface area contributed by atoms with Crippen LogP contribution in [0.15, 0.2) is 29.2 Å². The van der Waals surface area contributed by atoms with Gasteiger partial charge in [-0.15, -0.1) is 12.6 Å². The van der Waals surface area contributed by atoms with Crippen LogP contribution in [0.25, 0.3) is 0 Å². The molecule has 0 bridgehead atoms. The quantitative estimate of drug-likeness (QED) is 0.312. The molecule has 0 saturated heterocycles. The van der Waals surface area contributed by atoms with Crippen molar-refractivity contribution in [2.75, 3.05) is 0 Å². The fraction of sp³-hybridized carbons (Fsp3) is 0. The maximum absolute atomic E-state index is 8.65. The van der Waals surface area contributed by atoms with Gasteiger partial charge in [0.25, 0.3) is 0 Å². The Balaban J connectivity index is 0. The molecule has 1 aromatic rings. The molecule has 0 aliphatic rings. The van der Waals surface area contributed by atoms with Gasteiger partial charge in [0, 0.05) is 4.90 Å². The van der Waals surface area contributed by atoms with Crippen LogP contribution in [0.5, 0.6) is 0 Å². The van der Waals surface area contributed by atoms with Crippen LogP contribution in [-0.2, 0) is 0 Å². The molecular formula is C6H8BNaO2S. The van der Waals surface area contributed by atoms with Gasteiger partial charge >= 0.3 is 36.7 Å². The first-order valence-electron chi connectivity index (χ1n) is 2.85. The predicted molar refractivity (Wildman–Crippen MR) is 44.6 cm³/mol. The molecule has 0 radical (unpaired) electrons. The smallest absolute Gasteiger partial charge is 1.00 e. The summed E-state index contributed by atoms with van der Waals surface area (Å²) in [6, 6.07) is 6.65. The Morgan fingerprint density at radius 2 is 1.64 bits per heavy atom. The third-order valence-corrected chi connectivity index (χ3v) is 1.49. The normalized spacial score (nSPS) is 8.64. The minimum Gasteiger partial charge on any atom is -1.00 e. The van der Waals surface area contributed by atoms with E-state index in [0.717, 1.165) is 4.90 Å². The van der Waals surface area contributed by atoms with E-state index in [-0.39, 0.29) is 31.0 Å². The first-order valence-corrected chi connectivity index (χ1v) is 3.30. The van der Waals surface area contributed by atoms with Crippen LogP contribution in [0.3, 0.4) is 0 Å². The van der Waals surface area contributed by atoms with E-state index in [1.54, 1.807) is 24.3 Å². The molecule has 2 nitrogen and oxygen atoms in total. The molecule has 0 aliphatic heterocycles. The van der Waals surface area contributed by atoms with Crippen molar-refractivity contribution in [2.45, 2.75) is 4.90 Å². The fourth-order valence-corrected chi connectivity index (χ4v) is 0.796. The number of thiol groups is 1. The number of benzene rings is 1. The van der Waals surface area contributed by atoms with Crippen LogP contribution in [0, 0.1) is 0 Å². The molecule has 5 heteroatoms. The minimum atomic E-state index is -1.38. The molecule has 2 N–H and O–H groups in total. The van der Waals surface area contributed by atoms with Gasteiger partial charge in [-0.2, -0.15) is 0 Å². The van der Waals surface area contributed by atoms with E-state index in [2.05, 4.69) is 12.6 Å². The molecule has 0 heterocycles. The zero-order valence-corrected chi connectivity index (χ0v) is 9.12. The average Bonchev–Trinajstić information content (AvgIpc) is 1.88. The van der Waals surface area contributed by atoms with Crippen molar-refractivity contribution in [1.82, 2.24) is 0 Å². The molecule has 0 amide bonds. The molecular weight excluding hydrogens is 170 g/mol.